The van der Waals surface area contributed by atoms with Gasteiger partial charge in [-0.1, -0.05) is 26.0 Å². The zero-order chi connectivity index (χ0) is 12.1. The highest BCUT2D eigenvalue weighted by molar-refractivity contribution is 5.76. The minimum absolute atomic E-state index is 0.124. The molecular weight excluding hydrogens is 205 g/mol. The van der Waals surface area contributed by atoms with Crippen LogP contribution in [0.15, 0.2) is 24.3 Å². The van der Waals surface area contributed by atoms with Gasteiger partial charge in [-0.25, -0.2) is 4.39 Å². The molecule has 0 spiro atoms. The monoisotopic (exact) mass is 223 g/mol. The summed E-state index contributed by atoms with van der Waals surface area (Å²) in [6.07, 6.45) is 0.553. The molecule has 0 saturated heterocycles. The number of hydrogen-bond acceptors (Lipinski definition) is 1. The molecule has 3 heteroatoms. The van der Waals surface area contributed by atoms with Gasteiger partial charge in [-0.05, 0) is 23.6 Å². The molecule has 1 rings (SSSR count). The molecule has 16 heavy (non-hydrogen) atoms. The molecule has 0 aliphatic rings. The molecule has 1 amide bonds. The quantitative estimate of drug-likeness (QED) is 0.768. The average molecular weight is 223 g/mol. The Labute approximate surface area is 96.1 Å². The van der Waals surface area contributed by atoms with Gasteiger partial charge < -0.3 is 4.90 Å². The summed E-state index contributed by atoms with van der Waals surface area (Å²) in [5, 5.41) is 0. The molecule has 0 heterocycles. The molecule has 0 radical (unpaired) electrons. The van der Waals surface area contributed by atoms with Crippen LogP contribution in [0.25, 0.3) is 0 Å². The van der Waals surface area contributed by atoms with Crippen molar-refractivity contribution in [1.82, 2.24) is 4.90 Å². The van der Waals surface area contributed by atoms with Crippen molar-refractivity contribution >= 4 is 5.91 Å². The third kappa shape index (κ3) is 4.01. The number of rotatable bonds is 4. The van der Waals surface area contributed by atoms with E-state index in [0.29, 0.717) is 18.9 Å². The summed E-state index contributed by atoms with van der Waals surface area (Å²) in [6, 6.07) is 6.23. The molecule has 0 aliphatic heterocycles. The Morgan fingerprint density at radius 2 is 1.88 bits per heavy atom. The maximum atomic E-state index is 12.7. The Morgan fingerprint density at radius 1 is 1.31 bits per heavy atom. The lowest BCUT2D eigenvalue weighted by molar-refractivity contribution is -0.131. The fourth-order valence-electron chi connectivity index (χ4n) is 1.46. The average Bonchev–Trinajstić information content (AvgIpc) is 2.20. The number of hydrogen-bond donors (Lipinski definition) is 0. The van der Waals surface area contributed by atoms with Crippen LogP contribution in [0.1, 0.15) is 25.8 Å². The van der Waals surface area contributed by atoms with Crippen molar-refractivity contribution in [2.45, 2.75) is 26.8 Å². The molecular formula is C13H18FNO. The Hall–Kier alpha value is -1.38. The molecule has 2 nitrogen and oxygen atoms in total. The van der Waals surface area contributed by atoms with Crippen molar-refractivity contribution in [1.29, 1.82) is 0 Å². The van der Waals surface area contributed by atoms with Crippen LogP contribution in [0.4, 0.5) is 4.39 Å². The Kier molecular flexibility index (Phi) is 4.47. The van der Waals surface area contributed by atoms with Gasteiger partial charge in [0.05, 0.1) is 0 Å². The summed E-state index contributed by atoms with van der Waals surface area (Å²) in [6.45, 7) is 4.57. The van der Waals surface area contributed by atoms with Crippen LogP contribution in [-0.2, 0) is 11.3 Å². The molecule has 0 saturated carbocycles. The molecule has 0 aliphatic carbocycles. The van der Waals surface area contributed by atoms with Gasteiger partial charge in [0.1, 0.15) is 5.82 Å². The lowest BCUT2D eigenvalue weighted by Crippen LogP contribution is -2.27. The summed E-state index contributed by atoms with van der Waals surface area (Å²) >= 11 is 0. The van der Waals surface area contributed by atoms with Gasteiger partial charge in [0, 0.05) is 20.0 Å². The highest BCUT2D eigenvalue weighted by Crippen LogP contribution is 2.08. The van der Waals surface area contributed by atoms with Gasteiger partial charge in [0.15, 0.2) is 0 Å². The first-order valence-electron chi connectivity index (χ1n) is 5.47. The van der Waals surface area contributed by atoms with E-state index in [0.717, 1.165) is 5.56 Å². The first-order valence-corrected chi connectivity index (χ1v) is 5.47. The van der Waals surface area contributed by atoms with Crippen LogP contribution in [0.2, 0.25) is 0 Å². The lowest BCUT2D eigenvalue weighted by atomic mass is 10.1. The molecule has 88 valence electrons. The molecule has 0 aromatic heterocycles. The van der Waals surface area contributed by atoms with Crippen molar-refractivity contribution in [2.75, 3.05) is 7.05 Å². The number of carbonyl (C=O) groups excluding carboxylic acids is 1. The summed E-state index contributed by atoms with van der Waals surface area (Å²) in [7, 11) is 1.77. The smallest absolute Gasteiger partial charge is 0.222 e. The molecule has 0 unspecified atom stereocenters. The van der Waals surface area contributed by atoms with E-state index in [9.17, 15) is 9.18 Å². The second-order valence-electron chi connectivity index (χ2n) is 4.47. The van der Waals surface area contributed by atoms with Crippen molar-refractivity contribution in [3.8, 4) is 0 Å². The summed E-state index contributed by atoms with van der Waals surface area (Å²) in [5.74, 6) is 0.238. The number of carbonyl (C=O) groups is 1. The van der Waals surface area contributed by atoms with E-state index in [1.165, 1.54) is 12.1 Å². The van der Waals surface area contributed by atoms with Crippen molar-refractivity contribution < 1.29 is 9.18 Å². The van der Waals surface area contributed by atoms with E-state index in [4.69, 9.17) is 0 Å². The van der Waals surface area contributed by atoms with E-state index < -0.39 is 0 Å². The summed E-state index contributed by atoms with van der Waals surface area (Å²) in [4.78, 5) is 13.4. The maximum Gasteiger partial charge on any atom is 0.222 e. The minimum atomic E-state index is -0.250. The number of nitrogens with zero attached hydrogens (tertiary/aromatic N) is 1. The van der Waals surface area contributed by atoms with E-state index in [-0.39, 0.29) is 11.7 Å². The Bertz CT molecular complexity index is 345. The third-order valence-electron chi connectivity index (χ3n) is 2.34. The first-order chi connectivity index (χ1) is 7.49. The first kappa shape index (κ1) is 12.7. The molecule has 0 atom stereocenters. The number of benzene rings is 1. The standard InChI is InChI=1S/C13H18FNO/c1-10(2)8-13(16)15(3)9-11-4-6-12(14)7-5-11/h4-7,10H,8-9H2,1-3H3. The summed E-state index contributed by atoms with van der Waals surface area (Å²) < 4.78 is 12.7. The van der Waals surface area contributed by atoms with Crippen LogP contribution in [-0.4, -0.2) is 17.9 Å². The van der Waals surface area contributed by atoms with Crippen LogP contribution < -0.4 is 0 Å². The van der Waals surface area contributed by atoms with Gasteiger partial charge >= 0.3 is 0 Å². The van der Waals surface area contributed by atoms with Crippen molar-refractivity contribution in [2.24, 2.45) is 5.92 Å². The molecule has 1 aromatic rings. The molecule has 1 aromatic carbocycles. The van der Waals surface area contributed by atoms with Crippen LogP contribution in [0.5, 0.6) is 0 Å². The SMILES string of the molecule is CC(C)CC(=O)N(C)Cc1ccc(F)cc1. The van der Waals surface area contributed by atoms with Crippen molar-refractivity contribution in [3.63, 3.8) is 0 Å². The highest BCUT2D eigenvalue weighted by atomic mass is 19.1. The molecule has 0 bridgehead atoms. The highest BCUT2D eigenvalue weighted by Gasteiger charge is 2.10. The van der Waals surface area contributed by atoms with Gasteiger partial charge in [-0.2, -0.15) is 0 Å². The van der Waals surface area contributed by atoms with Crippen LogP contribution in [0.3, 0.4) is 0 Å². The van der Waals surface area contributed by atoms with Crippen molar-refractivity contribution in [3.05, 3.63) is 35.6 Å². The zero-order valence-corrected chi connectivity index (χ0v) is 10.0. The Morgan fingerprint density at radius 3 is 2.38 bits per heavy atom. The fraction of sp³-hybridized carbons (Fsp3) is 0.462. The van der Waals surface area contributed by atoms with E-state index in [2.05, 4.69) is 0 Å². The van der Waals surface area contributed by atoms with Gasteiger partial charge in [-0.3, -0.25) is 4.79 Å². The topological polar surface area (TPSA) is 20.3 Å². The normalized spacial score (nSPS) is 10.6. The molecule has 0 fully saturated rings. The molecule has 0 N–H and O–H groups in total. The van der Waals surface area contributed by atoms with E-state index >= 15 is 0 Å². The fourth-order valence-corrected chi connectivity index (χ4v) is 1.46. The largest absolute Gasteiger partial charge is 0.341 e. The second kappa shape index (κ2) is 5.64. The predicted octanol–water partition coefficient (Wildman–Crippen LogP) is 2.83. The van der Waals surface area contributed by atoms with Crippen LogP contribution >= 0.6 is 0 Å². The lowest BCUT2D eigenvalue weighted by Gasteiger charge is -2.18. The van der Waals surface area contributed by atoms with E-state index in [1.54, 1.807) is 24.1 Å². The van der Waals surface area contributed by atoms with Gasteiger partial charge in [0.2, 0.25) is 5.91 Å². The predicted molar refractivity (Wildman–Crippen MR) is 62.3 cm³/mol. The van der Waals surface area contributed by atoms with Gasteiger partial charge in [0.25, 0.3) is 0 Å². The third-order valence-corrected chi connectivity index (χ3v) is 2.34. The van der Waals surface area contributed by atoms with Crippen LogP contribution in [0, 0.1) is 11.7 Å². The number of halogens is 1. The maximum absolute atomic E-state index is 12.7. The Balaban J connectivity index is 2.53. The summed E-state index contributed by atoms with van der Waals surface area (Å²) in [5.41, 5.74) is 0.945. The number of amides is 1. The van der Waals surface area contributed by atoms with Gasteiger partial charge in [-0.15, -0.1) is 0 Å². The minimum Gasteiger partial charge on any atom is -0.341 e. The van der Waals surface area contributed by atoms with E-state index in [1.807, 2.05) is 13.8 Å². The zero-order valence-electron chi connectivity index (χ0n) is 10.0. The second-order valence-corrected chi connectivity index (χ2v) is 4.47.